The molecule has 0 heterocycles. The van der Waals surface area contributed by atoms with Crippen LogP contribution in [0.25, 0.3) is 0 Å². The third kappa shape index (κ3) is 3.95. The zero-order valence-electron chi connectivity index (χ0n) is 4.63. The van der Waals surface area contributed by atoms with Crippen molar-refractivity contribution in [2.75, 3.05) is 0 Å². The van der Waals surface area contributed by atoms with Crippen LogP contribution in [0, 0.1) is 0 Å². The molecule has 10 heavy (non-hydrogen) atoms. The van der Waals surface area contributed by atoms with Gasteiger partial charge in [-0.1, -0.05) is 38.5 Å². The Morgan fingerprint density at radius 2 is 1.80 bits per heavy atom. The van der Waals surface area contributed by atoms with Crippen molar-refractivity contribution < 1.29 is 17.6 Å². The van der Waals surface area contributed by atoms with Gasteiger partial charge in [0.15, 0.2) is 0 Å². The van der Waals surface area contributed by atoms with E-state index in [9.17, 15) is 17.6 Å². The Labute approximate surface area is 77.6 Å². The first-order valence-corrected chi connectivity index (χ1v) is 4.46. The van der Waals surface area contributed by atoms with Crippen LogP contribution in [0.5, 0.6) is 0 Å². The molecule has 0 N–H and O–H groups in total. The van der Waals surface area contributed by atoms with E-state index in [4.69, 9.17) is 0 Å². The van der Waals surface area contributed by atoms with Crippen molar-refractivity contribution in [1.82, 2.24) is 0 Å². The van der Waals surface area contributed by atoms with Crippen molar-refractivity contribution in [2.24, 2.45) is 0 Å². The molecule has 0 radical (unpaired) electrons. The summed E-state index contributed by atoms with van der Waals surface area (Å²) in [5.41, 5.74) is 0. The fourth-order valence-corrected chi connectivity index (χ4v) is 1.31. The normalized spacial score (nSPS) is 15.9. The minimum Gasteiger partial charge on any atom is -0.204 e. The Bertz CT molecular complexity index is 105. The molecule has 0 aromatic heterocycles. The Morgan fingerprint density at radius 1 is 1.40 bits per heavy atom. The minimum atomic E-state index is -3.87. The highest BCUT2D eigenvalue weighted by atomic mass is 127. The molecule has 0 aliphatic heterocycles. The predicted octanol–water partition coefficient (Wildman–Crippen LogP) is 3.43. The number of alkyl halides is 6. The molecule has 1 unspecified atom stereocenters. The van der Waals surface area contributed by atoms with Crippen LogP contribution in [0.15, 0.2) is 0 Å². The van der Waals surface area contributed by atoms with Crippen LogP contribution in [-0.4, -0.2) is 15.2 Å². The van der Waals surface area contributed by atoms with Crippen LogP contribution < -0.4 is 0 Å². The average Bonchev–Trinajstić information content (AvgIpc) is 1.60. The lowest BCUT2D eigenvalue weighted by atomic mass is 10.3. The molecule has 62 valence electrons. The molecule has 0 bridgehead atoms. The van der Waals surface area contributed by atoms with E-state index in [0.717, 1.165) is 0 Å². The molecule has 0 aliphatic rings. The molecule has 0 aromatic rings. The van der Waals surface area contributed by atoms with Crippen LogP contribution in [0.4, 0.5) is 17.6 Å². The maximum Gasteiger partial charge on any atom is 0.309 e. The van der Waals surface area contributed by atoms with E-state index in [1.165, 1.54) is 0 Å². The minimum absolute atomic E-state index is 0.617. The van der Waals surface area contributed by atoms with Crippen LogP contribution in [0.3, 0.4) is 0 Å². The van der Waals surface area contributed by atoms with Gasteiger partial charge in [0, 0.05) is 6.42 Å². The molecule has 0 spiro atoms. The summed E-state index contributed by atoms with van der Waals surface area (Å²) in [5, 5.41) is 0. The highest BCUT2D eigenvalue weighted by Gasteiger charge is 2.41. The monoisotopic (exact) mass is 334 g/mol. The Balaban J connectivity index is 3.87. The second-order valence-corrected chi connectivity index (χ2v) is 5.98. The van der Waals surface area contributed by atoms with Crippen LogP contribution in [0.1, 0.15) is 6.42 Å². The SMILES string of the molecule is FC(F)C(F)(F)CC(Br)I. The maximum atomic E-state index is 12.0. The van der Waals surface area contributed by atoms with Crippen LogP contribution in [0.2, 0.25) is 0 Å². The summed E-state index contributed by atoms with van der Waals surface area (Å²) >= 11 is 4.36. The summed E-state index contributed by atoms with van der Waals surface area (Å²) in [5.74, 6) is -3.87. The standard InChI is InChI=1S/C4H4BrF4I/c5-2(10)1-4(8,9)3(6)7/h2-3H,1H2. The van der Waals surface area contributed by atoms with Crippen molar-refractivity contribution >= 4 is 38.5 Å². The second kappa shape index (κ2) is 4.08. The number of hydrogen-bond acceptors (Lipinski definition) is 0. The Morgan fingerprint density at radius 3 is 1.90 bits per heavy atom. The quantitative estimate of drug-likeness (QED) is 0.421. The summed E-state index contributed by atoms with van der Waals surface area (Å²) in [4.78, 5) is 0. The number of hydrogen-bond donors (Lipinski definition) is 0. The summed E-state index contributed by atoms with van der Waals surface area (Å²) in [6.07, 6.45) is -4.41. The third-order valence-electron chi connectivity index (χ3n) is 0.746. The molecule has 0 amide bonds. The molecule has 0 saturated heterocycles. The molecule has 0 fully saturated rings. The summed E-state index contributed by atoms with van der Waals surface area (Å²) in [6.45, 7) is 0. The van der Waals surface area contributed by atoms with E-state index in [-0.39, 0.29) is 0 Å². The van der Waals surface area contributed by atoms with Crippen molar-refractivity contribution in [3.63, 3.8) is 0 Å². The van der Waals surface area contributed by atoms with E-state index in [0.29, 0.717) is 0 Å². The molecule has 0 nitrogen and oxygen atoms in total. The van der Waals surface area contributed by atoms with Crippen LogP contribution >= 0.6 is 38.5 Å². The average molecular weight is 335 g/mol. The summed E-state index contributed by atoms with van der Waals surface area (Å²) < 4.78 is 46.2. The third-order valence-corrected chi connectivity index (χ3v) is 1.51. The van der Waals surface area contributed by atoms with E-state index >= 15 is 0 Å². The summed E-state index contributed by atoms with van der Waals surface area (Å²) in [7, 11) is 0. The lowest BCUT2D eigenvalue weighted by Crippen LogP contribution is -2.28. The Kier molecular flexibility index (Phi) is 4.46. The van der Waals surface area contributed by atoms with Crippen molar-refractivity contribution in [2.45, 2.75) is 21.6 Å². The fraction of sp³-hybridized carbons (Fsp3) is 1.00. The van der Waals surface area contributed by atoms with Gasteiger partial charge in [-0.05, 0) is 0 Å². The molecule has 0 rings (SSSR count). The Hall–Kier alpha value is 0.930. The fourth-order valence-electron chi connectivity index (χ4n) is 0.295. The van der Waals surface area contributed by atoms with Crippen molar-refractivity contribution in [3.05, 3.63) is 0 Å². The number of halogens is 6. The lowest BCUT2D eigenvalue weighted by Gasteiger charge is -2.14. The van der Waals surface area contributed by atoms with Gasteiger partial charge in [0.1, 0.15) is 0 Å². The number of rotatable bonds is 3. The molecular weight excluding hydrogens is 331 g/mol. The van der Waals surface area contributed by atoms with E-state index in [1.54, 1.807) is 22.6 Å². The van der Waals surface area contributed by atoms with Crippen molar-refractivity contribution in [1.29, 1.82) is 0 Å². The molecule has 0 saturated carbocycles. The van der Waals surface area contributed by atoms with E-state index in [2.05, 4.69) is 15.9 Å². The van der Waals surface area contributed by atoms with Gasteiger partial charge in [-0.15, -0.1) is 0 Å². The zero-order chi connectivity index (χ0) is 8.36. The van der Waals surface area contributed by atoms with Gasteiger partial charge in [-0.25, -0.2) is 17.6 Å². The van der Waals surface area contributed by atoms with E-state index < -0.39 is 21.6 Å². The molecule has 6 heteroatoms. The first-order chi connectivity index (χ1) is 4.36. The predicted molar refractivity (Wildman–Crippen MR) is 42.3 cm³/mol. The molecule has 0 aliphatic carbocycles. The first kappa shape index (κ1) is 10.9. The molecular formula is C4H4BrF4I. The van der Waals surface area contributed by atoms with Crippen molar-refractivity contribution in [3.8, 4) is 0 Å². The molecule has 0 aromatic carbocycles. The van der Waals surface area contributed by atoms with Gasteiger partial charge in [0.25, 0.3) is 0 Å². The highest BCUT2D eigenvalue weighted by molar-refractivity contribution is 14.1. The lowest BCUT2D eigenvalue weighted by molar-refractivity contribution is -0.129. The zero-order valence-corrected chi connectivity index (χ0v) is 8.37. The van der Waals surface area contributed by atoms with Gasteiger partial charge < -0.3 is 0 Å². The largest absolute Gasteiger partial charge is 0.309 e. The first-order valence-electron chi connectivity index (χ1n) is 2.30. The van der Waals surface area contributed by atoms with Gasteiger partial charge in [-0.3, -0.25) is 0 Å². The highest BCUT2D eigenvalue weighted by Crippen LogP contribution is 2.32. The van der Waals surface area contributed by atoms with E-state index in [1.807, 2.05) is 0 Å². The van der Waals surface area contributed by atoms with Gasteiger partial charge in [-0.2, -0.15) is 0 Å². The van der Waals surface area contributed by atoms with Gasteiger partial charge >= 0.3 is 12.3 Å². The van der Waals surface area contributed by atoms with Gasteiger partial charge in [0.05, 0.1) is 2.83 Å². The maximum absolute atomic E-state index is 12.0. The second-order valence-electron chi connectivity index (χ2n) is 1.66. The summed E-state index contributed by atoms with van der Waals surface area (Å²) in [6, 6.07) is 0. The topological polar surface area (TPSA) is 0 Å². The smallest absolute Gasteiger partial charge is 0.204 e. The van der Waals surface area contributed by atoms with Crippen LogP contribution in [-0.2, 0) is 0 Å². The molecule has 1 atom stereocenters. The van der Waals surface area contributed by atoms with Gasteiger partial charge in [0.2, 0.25) is 0 Å².